The minimum atomic E-state index is -2.00. The smallest absolute Gasteiger partial charge is 0.272 e. The Morgan fingerprint density at radius 1 is 1.53 bits per heavy atom. The quantitative estimate of drug-likeness (QED) is 0.446. The summed E-state index contributed by atoms with van der Waals surface area (Å²) in [5.74, 6) is -0.716. The van der Waals surface area contributed by atoms with Crippen molar-refractivity contribution >= 4 is 40.7 Å². The molecule has 0 bridgehead atoms. The molecule has 0 aromatic rings. The lowest BCUT2D eigenvalue weighted by Gasteiger charge is -2.25. The summed E-state index contributed by atoms with van der Waals surface area (Å²) < 4.78 is 8.16. The number of alkyl halides is 3. The van der Waals surface area contributed by atoms with E-state index in [1.54, 1.807) is 0 Å². The number of methoxy groups -OCH3 is 1. The molecule has 1 amide bonds. The minimum Gasteiger partial charge on any atom is -0.359 e. The van der Waals surface area contributed by atoms with Gasteiger partial charge in [-0.05, 0) is 6.42 Å². The number of carbonyl (C=O) groups excluding carboxylic acids is 1. The Morgan fingerprint density at radius 2 is 2.12 bits per heavy atom. The Morgan fingerprint density at radius 3 is 2.47 bits per heavy atom. The van der Waals surface area contributed by atoms with E-state index in [0.29, 0.717) is 6.42 Å². The summed E-state index contributed by atoms with van der Waals surface area (Å²) in [5, 5.41) is 2.53. The van der Waals surface area contributed by atoms with E-state index < -0.39 is 15.7 Å². The van der Waals surface area contributed by atoms with Crippen LogP contribution >= 0.6 is 34.8 Å². The highest BCUT2D eigenvalue weighted by Gasteiger charge is 2.33. The normalized spacial score (nSPS) is 15.1. The SMILES string of the molecule is C=C[C@@H](NC(=O)C(Cl)(Cl)Cl)[C@@H](CC)OCOC. The van der Waals surface area contributed by atoms with E-state index in [1.807, 2.05) is 6.92 Å². The molecular formula is C10H16Cl3NO3. The number of nitrogens with one attached hydrogen (secondary N) is 1. The number of ether oxygens (including phenoxy) is 2. The predicted octanol–water partition coefficient (Wildman–Crippen LogP) is 2.43. The zero-order chi connectivity index (χ0) is 13.5. The number of hydrogen-bond acceptors (Lipinski definition) is 3. The lowest BCUT2D eigenvalue weighted by atomic mass is 10.1. The molecule has 0 saturated carbocycles. The Bertz CT molecular complexity index is 256. The molecule has 0 spiro atoms. The Hall–Kier alpha value is -0.0000000000000000416. The van der Waals surface area contributed by atoms with Crippen LogP contribution in [0.15, 0.2) is 12.7 Å². The highest BCUT2D eigenvalue weighted by Crippen LogP contribution is 2.26. The van der Waals surface area contributed by atoms with Gasteiger partial charge in [-0.1, -0.05) is 47.8 Å². The van der Waals surface area contributed by atoms with Crippen molar-refractivity contribution in [1.82, 2.24) is 5.32 Å². The van der Waals surface area contributed by atoms with Crippen molar-refractivity contribution in [2.45, 2.75) is 29.3 Å². The number of halogens is 3. The van der Waals surface area contributed by atoms with Gasteiger partial charge in [0.25, 0.3) is 9.70 Å². The van der Waals surface area contributed by atoms with Crippen LogP contribution in [-0.4, -0.2) is 35.7 Å². The van der Waals surface area contributed by atoms with E-state index in [4.69, 9.17) is 44.3 Å². The molecule has 0 radical (unpaired) electrons. The minimum absolute atomic E-state index is 0.118. The van der Waals surface area contributed by atoms with Crippen LogP contribution in [0.25, 0.3) is 0 Å². The summed E-state index contributed by atoms with van der Waals surface area (Å²) in [4.78, 5) is 11.5. The second kappa shape index (κ2) is 8.16. The van der Waals surface area contributed by atoms with Crippen LogP contribution in [0, 0.1) is 0 Å². The van der Waals surface area contributed by atoms with E-state index in [1.165, 1.54) is 13.2 Å². The van der Waals surface area contributed by atoms with Crippen molar-refractivity contribution < 1.29 is 14.3 Å². The molecule has 0 unspecified atom stereocenters. The summed E-state index contributed by atoms with van der Waals surface area (Å²) in [6.07, 6.45) is 1.89. The van der Waals surface area contributed by atoms with Crippen LogP contribution in [0.5, 0.6) is 0 Å². The van der Waals surface area contributed by atoms with Gasteiger partial charge in [-0.15, -0.1) is 6.58 Å². The molecule has 0 aliphatic heterocycles. The van der Waals surface area contributed by atoms with Gasteiger partial charge in [-0.2, -0.15) is 0 Å². The van der Waals surface area contributed by atoms with Crippen molar-refractivity contribution in [3.8, 4) is 0 Å². The predicted molar refractivity (Wildman–Crippen MR) is 69.5 cm³/mol. The lowest BCUT2D eigenvalue weighted by molar-refractivity contribution is -0.123. The van der Waals surface area contributed by atoms with Gasteiger partial charge < -0.3 is 14.8 Å². The topological polar surface area (TPSA) is 47.6 Å². The van der Waals surface area contributed by atoms with Crippen molar-refractivity contribution in [3.63, 3.8) is 0 Å². The number of amides is 1. The van der Waals surface area contributed by atoms with Gasteiger partial charge in [-0.25, -0.2) is 0 Å². The third-order valence-electron chi connectivity index (χ3n) is 2.01. The third-order valence-corrected chi connectivity index (χ3v) is 2.53. The van der Waals surface area contributed by atoms with E-state index in [0.717, 1.165) is 0 Å². The van der Waals surface area contributed by atoms with E-state index in [2.05, 4.69) is 11.9 Å². The average Bonchev–Trinajstić information content (AvgIpc) is 2.26. The molecule has 0 rings (SSSR count). The van der Waals surface area contributed by atoms with Crippen molar-refractivity contribution in [2.75, 3.05) is 13.9 Å². The van der Waals surface area contributed by atoms with Gasteiger partial charge in [0.05, 0.1) is 12.1 Å². The van der Waals surface area contributed by atoms with Gasteiger partial charge in [-0.3, -0.25) is 4.79 Å². The molecule has 0 aliphatic carbocycles. The molecule has 0 aliphatic rings. The summed E-state index contributed by atoms with van der Waals surface area (Å²) in [6, 6.07) is -0.446. The fraction of sp³-hybridized carbons (Fsp3) is 0.700. The summed E-state index contributed by atoms with van der Waals surface area (Å²) in [7, 11) is 1.51. The summed E-state index contributed by atoms with van der Waals surface area (Å²) >= 11 is 16.4. The molecule has 0 aromatic heterocycles. The number of rotatable bonds is 7. The van der Waals surface area contributed by atoms with Gasteiger partial charge in [0.15, 0.2) is 0 Å². The summed E-state index contributed by atoms with van der Waals surface area (Å²) in [5.41, 5.74) is 0. The fourth-order valence-corrected chi connectivity index (χ4v) is 1.33. The monoisotopic (exact) mass is 303 g/mol. The van der Waals surface area contributed by atoms with E-state index >= 15 is 0 Å². The second-order valence-corrected chi connectivity index (χ2v) is 5.53. The molecule has 17 heavy (non-hydrogen) atoms. The van der Waals surface area contributed by atoms with Crippen molar-refractivity contribution in [1.29, 1.82) is 0 Å². The average molecular weight is 305 g/mol. The van der Waals surface area contributed by atoms with E-state index in [9.17, 15) is 4.79 Å². The zero-order valence-corrected chi connectivity index (χ0v) is 12.0. The highest BCUT2D eigenvalue weighted by atomic mass is 35.6. The van der Waals surface area contributed by atoms with Crippen LogP contribution in [0.1, 0.15) is 13.3 Å². The van der Waals surface area contributed by atoms with Crippen LogP contribution in [0.2, 0.25) is 0 Å². The van der Waals surface area contributed by atoms with Crippen LogP contribution in [-0.2, 0) is 14.3 Å². The molecule has 2 atom stereocenters. The third kappa shape index (κ3) is 6.48. The largest absolute Gasteiger partial charge is 0.359 e. The lowest BCUT2D eigenvalue weighted by Crippen LogP contribution is -2.47. The zero-order valence-electron chi connectivity index (χ0n) is 9.71. The first-order valence-corrected chi connectivity index (χ1v) is 6.11. The molecule has 1 N–H and O–H groups in total. The molecule has 100 valence electrons. The Labute approximate surface area is 116 Å². The summed E-state index contributed by atoms with van der Waals surface area (Å²) in [6.45, 7) is 5.63. The first kappa shape index (κ1) is 17.0. The molecule has 0 saturated heterocycles. The molecular weight excluding hydrogens is 288 g/mol. The standard InChI is InChI=1S/C10H16Cl3NO3/c1-4-7(8(5-2)17-6-16-3)14-9(15)10(11,12)13/h4,7-8H,1,5-6H2,2-3H3,(H,14,15)/t7-,8-/m1/s1. The maximum absolute atomic E-state index is 11.5. The number of hydrogen-bond donors (Lipinski definition) is 1. The first-order chi connectivity index (χ1) is 7.86. The fourth-order valence-electron chi connectivity index (χ4n) is 1.17. The van der Waals surface area contributed by atoms with E-state index in [-0.39, 0.29) is 12.9 Å². The molecule has 4 nitrogen and oxygen atoms in total. The van der Waals surface area contributed by atoms with Crippen molar-refractivity contribution in [3.05, 3.63) is 12.7 Å². The van der Waals surface area contributed by atoms with Crippen molar-refractivity contribution in [2.24, 2.45) is 0 Å². The van der Waals surface area contributed by atoms with Gasteiger partial charge >= 0.3 is 0 Å². The molecule has 0 aromatic carbocycles. The van der Waals surface area contributed by atoms with Gasteiger partial charge in [0.2, 0.25) is 0 Å². The maximum atomic E-state index is 11.5. The number of carbonyl (C=O) groups is 1. The maximum Gasteiger partial charge on any atom is 0.272 e. The van der Waals surface area contributed by atoms with Gasteiger partial charge in [0.1, 0.15) is 6.79 Å². The van der Waals surface area contributed by atoms with Crippen LogP contribution < -0.4 is 5.32 Å². The first-order valence-electron chi connectivity index (χ1n) is 4.97. The molecule has 0 fully saturated rings. The van der Waals surface area contributed by atoms with Gasteiger partial charge in [0, 0.05) is 7.11 Å². The Balaban J connectivity index is 4.48. The second-order valence-electron chi connectivity index (χ2n) is 3.25. The Kier molecular flexibility index (Phi) is 8.16. The van der Waals surface area contributed by atoms with Crippen LogP contribution in [0.3, 0.4) is 0 Å². The van der Waals surface area contributed by atoms with Crippen LogP contribution in [0.4, 0.5) is 0 Å². The molecule has 7 heteroatoms. The highest BCUT2D eigenvalue weighted by molar-refractivity contribution is 6.76. The molecule has 0 heterocycles.